The van der Waals surface area contributed by atoms with Crippen LogP contribution in [0.2, 0.25) is 0 Å². The minimum atomic E-state index is 0.703. The van der Waals surface area contributed by atoms with Gasteiger partial charge in [0.05, 0.1) is 0 Å². The lowest BCUT2D eigenvalue weighted by Crippen LogP contribution is -2.04. The van der Waals surface area contributed by atoms with Crippen molar-refractivity contribution in [2.75, 3.05) is 0 Å². The van der Waals surface area contributed by atoms with Gasteiger partial charge < -0.3 is 9.47 Å². The van der Waals surface area contributed by atoms with Crippen LogP contribution in [0, 0.1) is 0 Å². The summed E-state index contributed by atoms with van der Waals surface area (Å²) in [7, 11) is 0. The number of ether oxygens (including phenoxy) is 2. The van der Waals surface area contributed by atoms with Crippen molar-refractivity contribution in [1.82, 2.24) is 0 Å². The van der Waals surface area contributed by atoms with Crippen molar-refractivity contribution < 1.29 is 9.47 Å². The molecule has 0 fully saturated rings. The monoisotopic (exact) mass is 312 g/mol. The van der Waals surface area contributed by atoms with E-state index in [0.29, 0.717) is 5.76 Å². The van der Waals surface area contributed by atoms with Crippen molar-refractivity contribution in [2.24, 2.45) is 0 Å². The molecule has 2 nitrogen and oxygen atoms in total. The Kier molecular flexibility index (Phi) is 3.86. The Morgan fingerprint density at radius 1 is 0.458 bits per heavy atom. The molecular formula is C22H16O2. The Morgan fingerprint density at radius 3 is 1.46 bits per heavy atom. The molecule has 0 N–H and O–H groups in total. The highest BCUT2D eigenvalue weighted by molar-refractivity contribution is 5.88. The SMILES string of the molecule is C1=C(c2ccccc2)OC(c2ccccc2)=C(c2ccccc2)O1. The maximum absolute atomic E-state index is 6.24. The third-order valence-corrected chi connectivity index (χ3v) is 3.83. The van der Waals surface area contributed by atoms with Gasteiger partial charge in [-0.15, -0.1) is 0 Å². The van der Waals surface area contributed by atoms with Gasteiger partial charge in [0, 0.05) is 16.7 Å². The van der Waals surface area contributed by atoms with E-state index in [0.717, 1.165) is 28.2 Å². The highest BCUT2D eigenvalue weighted by Crippen LogP contribution is 2.36. The first kappa shape index (κ1) is 14.3. The van der Waals surface area contributed by atoms with Gasteiger partial charge in [0.1, 0.15) is 6.26 Å². The summed E-state index contributed by atoms with van der Waals surface area (Å²) in [6.45, 7) is 0. The van der Waals surface area contributed by atoms with Gasteiger partial charge in [0.15, 0.2) is 17.3 Å². The zero-order valence-corrected chi connectivity index (χ0v) is 13.1. The standard InChI is InChI=1S/C22H16O2/c1-4-10-17(11-5-1)20-16-23-21(18-12-6-2-7-13-18)22(24-20)19-14-8-3-9-15-19/h1-16H. The summed E-state index contributed by atoms with van der Waals surface area (Å²) in [6, 6.07) is 30.0. The van der Waals surface area contributed by atoms with Gasteiger partial charge in [-0.2, -0.15) is 0 Å². The Balaban J connectivity index is 1.79. The Hall–Kier alpha value is -3.26. The second kappa shape index (κ2) is 6.47. The van der Waals surface area contributed by atoms with Crippen LogP contribution in [0.4, 0.5) is 0 Å². The lowest BCUT2D eigenvalue weighted by Gasteiger charge is -2.22. The molecule has 0 radical (unpaired) electrons. The van der Waals surface area contributed by atoms with Gasteiger partial charge in [-0.1, -0.05) is 91.0 Å². The van der Waals surface area contributed by atoms with E-state index in [9.17, 15) is 0 Å². The van der Waals surface area contributed by atoms with Crippen LogP contribution < -0.4 is 0 Å². The van der Waals surface area contributed by atoms with Crippen LogP contribution in [0.3, 0.4) is 0 Å². The van der Waals surface area contributed by atoms with Gasteiger partial charge in [0.2, 0.25) is 0 Å². The molecular weight excluding hydrogens is 296 g/mol. The van der Waals surface area contributed by atoms with Crippen LogP contribution in [0.25, 0.3) is 17.3 Å². The molecule has 0 atom stereocenters. The van der Waals surface area contributed by atoms with Crippen molar-refractivity contribution in [3.8, 4) is 0 Å². The summed E-state index contributed by atoms with van der Waals surface area (Å²) >= 11 is 0. The molecule has 0 spiro atoms. The van der Waals surface area contributed by atoms with Gasteiger partial charge in [-0.05, 0) is 0 Å². The second-order valence-corrected chi connectivity index (χ2v) is 5.46. The van der Waals surface area contributed by atoms with Gasteiger partial charge in [-0.3, -0.25) is 0 Å². The molecule has 0 aromatic heterocycles. The number of hydrogen-bond donors (Lipinski definition) is 0. The second-order valence-electron chi connectivity index (χ2n) is 5.46. The van der Waals surface area contributed by atoms with Crippen LogP contribution in [-0.4, -0.2) is 0 Å². The molecule has 2 heteroatoms. The van der Waals surface area contributed by atoms with Crippen LogP contribution in [0.5, 0.6) is 0 Å². The molecule has 0 bridgehead atoms. The van der Waals surface area contributed by atoms with E-state index in [1.807, 2.05) is 91.0 Å². The third kappa shape index (κ3) is 2.82. The van der Waals surface area contributed by atoms with E-state index in [2.05, 4.69) is 0 Å². The minimum absolute atomic E-state index is 0.703. The lowest BCUT2D eigenvalue weighted by atomic mass is 10.1. The zero-order valence-electron chi connectivity index (χ0n) is 13.1. The summed E-state index contributed by atoms with van der Waals surface area (Å²) in [5, 5.41) is 0. The predicted molar refractivity (Wildman–Crippen MR) is 96.3 cm³/mol. The number of rotatable bonds is 3. The quantitative estimate of drug-likeness (QED) is 0.630. The van der Waals surface area contributed by atoms with Crippen molar-refractivity contribution in [3.63, 3.8) is 0 Å². The van der Waals surface area contributed by atoms with Crippen LogP contribution in [0.15, 0.2) is 97.3 Å². The summed E-state index contributed by atoms with van der Waals surface area (Å²) < 4.78 is 12.2. The number of benzene rings is 3. The van der Waals surface area contributed by atoms with Crippen LogP contribution >= 0.6 is 0 Å². The van der Waals surface area contributed by atoms with Crippen LogP contribution in [0.1, 0.15) is 16.7 Å². The average Bonchev–Trinajstić information content (AvgIpc) is 2.69. The lowest BCUT2D eigenvalue weighted by molar-refractivity contribution is 0.357. The molecule has 0 unspecified atom stereocenters. The molecule has 0 saturated carbocycles. The first-order valence-electron chi connectivity index (χ1n) is 7.87. The van der Waals surface area contributed by atoms with E-state index in [1.165, 1.54) is 0 Å². The molecule has 1 aliphatic rings. The Bertz CT molecular complexity index is 879. The van der Waals surface area contributed by atoms with Crippen molar-refractivity contribution in [2.45, 2.75) is 0 Å². The van der Waals surface area contributed by atoms with Crippen LogP contribution in [-0.2, 0) is 9.47 Å². The Morgan fingerprint density at radius 2 is 0.917 bits per heavy atom. The maximum Gasteiger partial charge on any atom is 0.177 e. The fourth-order valence-electron chi connectivity index (χ4n) is 2.64. The fourth-order valence-corrected chi connectivity index (χ4v) is 2.64. The minimum Gasteiger partial charge on any atom is -0.456 e. The molecule has 24 heavy (non-hydrogen) atoms. The summed E-state index contributed by atoms with van der Waals surface area (Å²) in [4.78, 5) is 0. The van der Waals surface area contributed by atoms with E-state index >= 15 is 0 Å². The predicted octanol–water partition coefficient (Wildman–Crippen LogP) is 5.56. The highest BCUT2D eigenvalue weighted by Gasteiger charge is 2.21. The zero-order chi connectivity index (χ0) is 16.2. The third-order valence-electron chi connectivity index (χ3n) is 3.83. The van der Waals surface area contributed by atoms with Crippen molar-refractivity contribution in [3.05, 3.63) is 114 Å². The molecule has 1 aliphatic heterocycles. The molecule has 3 aromatic carbocycles. The van der Waals surface area contributed by atoms with Gasteiger partial charge in [0.25, 0.3) is 0 Å². The topological polar surface area (TPSA) is 18.5 Å². The van der Waals surface area contributed by atoms with Gasteiger partial charge in [-0.25, -0.2) is 0 Å². The molecule has 3 aromatic rings. The first-order valence-corrected chi connectivity index (χ1v) is 7.87. The molecule has 0 saturated heterocycles. The van der Waals surface area contributed by atoms with E-state index < -0.39 is 0 Å². The largest absolute Gasteiger partial charge is 0.456 e. The smallest absolute Gasteiger partial charge is 0.177 e. The fraction of sp³-hybridized carbons (Fsp3) is 0. The number of hydrogen-bond acceptors (Lipinski definition) is 2. The molecule has 0 amide bonds. The van der Waals surface area contributed by atoms with E-state index in [-0.39, 0.29) is 0 Å². The normalized spacial score (nSPS) is 13.8. The maximum atomic E-state index is 6.24. The summed E-state index contributed by atoms with van der Waals surface area (Å²) in [5.41, 5.74) is 2.95. The summed E-state index contributed by atoms with van der Waals surface area (Å²) in [5.74, 6) is 2.15. The summed E-state index contributed by atoms with van der Waals surface area (Å²) in [6.07, 6.45) is 1.67. The first-order chi connectivity index (χ1) is 11.9. The average molecular weight is 312 g/mol. The Labute approximate surface area is 141 Å². The molecule has 4 rings (SSSR count). The highest BCUT2D eigenvalue weighted by atomic mass is 16.6. The van der Waals surface area contributed by atoms with Crippen molar-refractivity contribution in [1.29, 1.82) is 0 Å². The van der Waals surface area contributed by atoms with E-state index in [4.69, 9.17) is 9.47 Å². The molecule has 116 valence electrons. The molecule has 1 heterocycles. The van der Waals surface area contributed by atoms with Gasteiger partial charge >= 0.3 is 0 Å². The van der Waals surface area contributed by atoms with E-state index in [1.54, 1.807) is 6.26 Å². The van der Waals surface area contributed by atoms with Crippen molar-refractivity contribution >= 4 is 17.3 Å². The molecule has 0 aliphatic carbocycles.